The average molecular weight is 250 g/mol. The largest absolute Gasteiger partial charge is 0.478 e. The Labute approximate surface area is 106 Å². The van der Waals surface area contributed by atoms with E-state index >= 15 is 0 Å². The van der Waals surface area contributed by atoms with E-state index in [0.717, 1.165) is 13.0 Å². The third kappa shape index (κ3) is 2.31. The summed E-state index contributed by atoms with van der Waals surface area (Å²) < 4.78 is 0. The fraction of sp³-hybridized carbons (Fsp3) is 0.538. The van der Waals surface area contributed by atoms with Gasteiger partial charge in [0.25, 0.3) is 0 Å². The maximum Gasteiger partial charge on any atom is 0.335 e. The normalized spacial score (nSPS) is 23.4. The molecule has 5 heteroatoms. The summed E-state index contributed by atoms with van der Waals surface area (Å²) in [6, 6.07) is 3.16. The van der Waals surface area contributed by atoms with Crippen molar-refractivity contribution >= 4 is 11.8 Å². The van der Waals surface area contributed by atoms with Crippen LogP contribution in [0.25, 0.3) is 0 Å². The molecule has 18 heavy (non-hydrogen) atoms. The first-order valence-corrected chi connectivity index (χ1v) is 6.12. The van der Waals surface area contributed by atoms with Gasteiger partial charge in [0.15, 0.2) is 0 Å². The molecule has 0 amide bonds. The second kappa shape index (κ2) is 4.94. The van der Waals surface area contributed by atoms with Crippen molar-refractivity contribution in [1.29, 1.82) is 0 Å². The molecular weight excluding hydrogens is 232 g/mol. The SMILES string of the molecule is Cc1cc(C(=O)O)cc(N2CCC(C)C2CO)n1. The summed E-state index contributed by atoms with van der Waals surface area (Å²) in [5.41, 5.74) is 0.926. The molecule has 1 aliphatic heterocycles. The van der Waals surface area contributed by atoms with Gasteiger partial charge < -0.3 is 15.1 Å². The molecule has 2 atom stereocenters. The summed E-state index contributed by atoms with van der Waals surface area (Å²) in [4.78, 5) is 17.4. The van der Waals surface area contributed by atoms with E-state index in [-0.39, 0.29) is 18.2 Å². The van der Waals surface area contributed by atoms with Gasteiger partial charge >= 0.3 is 5.97 Å². The molecule has 1 saturated heterocycles. The first kappa shape index (κ1) is 12.8. The number of anilines is 1. The maximum absolute atomic E-state index is 11.0. The van der Waals surface area contributed by atoms with E-state index in [1.54, 1.807) is 19.1 Å². The number of aryl methyl sites for hydroxylation is 1. The lowest BCUT2D eigenvalue weighted by atomic mass is 10.0. The van der Waals surface area contributed by atoms with Crippen LogP contribution in [0.5, 0.6) is 0 Å². The van der Waals surface area contributed by atoms with Gasteiger partial charge in [-0.2, -0.15) is 0 Å². The van der Waals surface area contributed by atoms with Gasteiger partial charge in [0.1, 0.15) is 5.82 Å². The van der Waals surface area contributed by atoms with Gasteiger partial charge in [-0.1, -0.05) is 6.92 Å². The number of pyridine rings is 1. The highest BCUT2D eigenvalue weighted by atomic mass is 16.4. The summed E-state index contributed by atoms with van der Waals surface area (Å²) in [6.07, 6.45) is 0.989. The summed E-state index contributed by atoms with van der Waals surface area (Å²) in [7, 11) is 0. The zero-order chi connectivity index (χ0) is 13.3. The fourth-order valence-corrected chi connectivity index (χ4v) is 2.49. The minimum absolute atomic E-state index is 0.0287. The third-order valence-electron chi connectivity index (χ3n) is 3.55. The summed E-state index contributed by atoms with van der Waals surface area (Å²) in [5.74, 6) is 0.0935. The highest BCUT2D eigenvalue weighted by Crippen LogP contribution is 2.28. The molecule has 0 spiro atoms. The predicted molar refractivity (Wildman–Crippen MR) is 67.9 cm³/mol. The van der Waals surface area contributed by atoms with Crippen LogP contribution in [-0.2, 0) is 0 Å². The lowest BCUT2D eigenvalue weighted by Gasteiger charge is -2.26. The molecule has 0 aromatic carbocycles. The Morgan fingerprint density at radius 3 is 2.89 bits per heavy atom. The number of rotatable bonds is 3. The molecule has 0 saturated carbocycles. The minimum atomic E-state index is -0.949. The van der Waals surface area contributed by atoms with E-state index in [1.807, 2.05) is 4.90 Å². The van der Waals surface area contributed by atoms with Crippen LogP contribution in [0, 0.1) is 12.8 Å². The Kier molecular flexibility index (Phi) is 3.52. The van der Waals surface area contributed by atoms with E-state index in [2.05, 4.69) is 11.9 Å². The molecule has 1 aliphatic rings. The summed E-state index contributed by atoms with van der Waals surface area (Å²) >= 11 is 0. The number of aliphatic hydroxyl groups is 1. The van der Waals surface area contributed by atoms with Crippen molar-refractivity contribution in [1.82, 2.24) is 4.98 Å². The molecule has 2 N–H and O–H groups in total. The zero-order valence-electron chi connectivity index (χ0n) is 10.6. The first-order chi connectivity index (χ1) is 8.52. The Bertz CT molecular complexity index is 462. The molecule has 0 aliphatic carbocycles. The third-order valence-corrected chi connectivity index (χ3v) is 3.55. The second-order valence-corrected chi connectivity index (χ2v) is 4.87. The van der Waals surface area contributed by atoms with Crippen LogP contribution in [0.15, 0.2) is 12.1 Å². The van der Waals surface area contributed by atoms with Crippen LogP contribution in [0.3, 0.4) is 0 Å². The van der Waals surface area contributed by atoms with Crippen molar-refractivity contribution in [2.24, 2.45) is 5.92 Å². The summed E-state index contributed by atoms with van der Waals surface area (Å²) in [5, 5.41) is 18.5. The van der Waals surface area contributed by atoms with E-state index in [9.17, 15) is 9.90 Å². The van der Waals surface area contributed by atoms with E-state index in [4.69, 9.17) is 5.11 Å². The van der Waals surface area contributed by atoms with Crippen LogP contribution < -0.4 is 4.90 Å². The molecule has 2 heterocycles. The first-order valence-electron chi connectivity index (χ1n) is 6.12. The molecule has 5 nitrogen and oxygen atoms in total. The Hall–Kier alpha value is -1.62. The number of hydrogen-bond donors (Lipinski definition) is 2. The van der Waals surface area contributed by atoms with Crippen molar-refractivity contribution in [2.45, 2.75) is 26.3 Å². The maximum atomic E-state index is 11.0. The zero-order valence-corrected chi connectivity index (χ0v) is 10.6. The van der Waals surface area contributed by atoms with Gasteiger partial charge in [-0.05, 0) is 31.4 Å². The number of aromatic nitrogens is 1. The van der Waals surface area contributed by atoms with Crippen LogP contribution in [-0.4, -0.2) is 40.4 Å². The minimum Gasteiger partial charge on any atom is -0.478 e. The average Bonchev–Trinajstić information content (AvgIpc) is 2.69. The number of hydrogen-bond acceptors (Lipinski definition) is 4. The van der Waals surface area contributed by atoms with Gasteiger partial charge in [0.05, 0.1) is 18.2 Å². The Morgan fingerprint density at radius 1 is 1.56 bits per heavy atom. The van der Waals surface area contributed by atoms with Crippen molar-refractivity contribution < 1.29 is 15.0 Å². The number of carbonyl (C=O) groups is 1. The molecule has 1 aromatic rings. The molecular formula is C13H18N2O3. The molecule has 0 bridgehead atoms. The molecule has 98 valence electrons. The highest BCUT2D eigenvalue weighted by Gasteiger charge is 2.31. The fourth-order valence-electron chi connectivity index (χ4n) is 2.49. The number of carboxylic acids is 1. The molecule has 0 radical (unpaired) electrons. The molecule has 1 fully saturated rings. The smallest absolute Gasteiger partial charge is 0.335 e. The van der Waals surface area contributed by atoms with Gasteiger partial charge in [-0.3, -0.25) is 0 Å². The second-order valence-electron chi connectivity index (χ2n) is 4.87. The monoisotopic (exact) mass is 250 g/mol. The Morgan fingerprint density at radius 2 is 2.28 bits per heavy atom. The number of aliphatic hydroxyl groups excluding tert-OH is 1. The quantitative estimate of drug-likeness (QED) is 0.845. The predicted octanol–water partition coefficient (Wildman–Crippen LogP) is 1.30. The number of aromatic carboxylic acids is 1. The lowest BCUT2D eigenvalue weighted by Crippen LogP contribution is -2.35. The Balaban J connectivity index is 2.36. The van der Waals surface area contributed by atoms with Gasteiger partial charge in [-0.15, -0.1) is 0 Å². The van der Waals surface area contributed by atoms with Crippen LogP contribution >= 0.6 is 0 Å². The van der Waals surface area contributed by atoms with Gasteiger partial charge in [0.2, 0.25) is 0 Å². The topological polar surface area (TPSA) is 73.7 Å². The van der Waals surface area contributed by atoms with Crippen molar-refractivity contribution in [3.05, 3.63) is 23.4 Å². The van der Waals surface area contributed by atoms with Gasteiger partial charge in [-0.25, -0.2) is 9.78 Å². The summed E-state index contributed by atoms with van der Waals surface area (Å²) in [6.45, 7) is 4.75. The van der Waals surface area contributed by atoms with E-state index in [1.165, 1.54) is 0 Å². The molecule has 1 aromatic heterocycles. The standard InChI is InChI=1S/C13H18N2O3/c1-8-3-4-15(11(8)7-16)12-6-10(13(17)18)5-9(2)14-12/h5-6,8,11,16H,3-4,7H2,1-2H3,(H,17,18). The number of nitrogens with zero attached hydrogens (tertiary/aromatic N) is 2. The van der Waals surface area contributed by atoms with Crippen molar-refractivity contribution in [3.63, 3.8) is 0 Å². The van der Waals surface area contributed by atoms with Crippen molar-refractivity contribution in [2.75, 3.05) is 18.1 Å². The molecule has 2 unspecified atom stereocenters. The van der Waals surface area contributed by atoms with Crippen LogP contribution in [0.1, 0.15) is 29.4 Å². The van der Waals surface area contributed by atoms with Gasteiger partial charge in [0, 0.05) is 12.2 Å². The van der Waals surface area contributed by atoms with Crippen molar-refractivity contribution in [3.8, 4) is 0 Å². The van der Waals surface area contributed by atoms with E-state index < -0.39 is 5.97 Å². The highest BCUT2D eigenvalue weighted by molar-refractivity contribution is 5.88. The van der Waals surface area contributed by atoms with E-state index in [0.29, 0.717) is 17.4 Å². The lowest BCUT2D eigenvalue weighted by molar-refractivity contribution is 0.0696. The number of carboxylic acid groups (broad SMARTS) is 1. The van der Waals surface area contributed by atoms with Crippen LogP contribution in [0.4, 0.5) is 5.82 Å². The molecule has 2 rings (SSSR count). The van der Waals surface area contributed by atoms with Crippen LogP contribution in [0.2, 0.25) is 0 Å².